The lowest BCUT2D eigenvalue weighted by Gasteiger charge is -2.14. The van der Waals surface area contributed by atoms with Crippen LogP contribution in [-0.4, -0.2) is 28.9 Å². The van der Waals surface area contributed by atoms with Crippen molar-refractivity contribution in [1.29, 1.82) is 0 Å². The fraction of sp³-hybridized carbons (Fsp3) is 0.312. The van der Waals surface area contributed by atoms with Crippen LogP contribution < -0.4 is 9.47 Å². The summed E-state index contributed by atoms with van der Waals surface area (Å²) in [5, 5.41) is 9.12. The van der Waals surface area contributed by atoms with Crippen molar-refractivity contribution < 1.29 is 19.4 Å². The molecule has 0 saturated heterocycles. The fourth-order valence-corrected chi connectivity index (χ4v) is 2.21. The van der Waals surface area contributed by atoms with Crippen molar-refractivity contribution >= 4 is 5.97 Å². The van der Waals surface area contributed by atoms with E-state index in [1.807, 2.05) is 36.6 Å². The first-order valence-corrected chi connectivity index (χ1v) is 6.89. The molecular formula is C16H19NO4. The lowest BCUT2D eigenvalue weighted by Crippen LogP contribution is -2.03. The van der Waals surface area contributed by atoms with Gasteiger partial charge in [-0.25, -0.2) is 4.79 Å². The van der Waals surface area contributed by atoms with Gasteiger partial charge in [0.2, 0.25) is 0 Å². The zero-order valence-electron chi connectivity index (χ0n) is 12.4. The molecule has 0 unspecified atom stereocenters. The molecule has 0 aliphatic rings. The van der Waals surface area contributed by atoms with Crippen molar-refractivity contribution in [2.24, 2.45) is 0 Å². The summed E-state index contributed by atoms with van der Waals surface area (Å²) in [5.74, 6) is 0.412. The number of hydrogen-bond donors (Lipinski definition) is 1. The molecule has 0 saturated carbocycles. The van der Waals surface area contributed by atoms with Gasteiger partial charge in [-0.05, 0) is 39.0 Å². The van der Waals surface area contributed by atoms with E-state index in [4.69, 9.17) is 14.6 Å². The van der Waals surface area contributed by atoms with Gasteiger partial charge in [-0.3, -0.25) is 0 Å². The molecule has 1 N–H and O–H groups in total. The molecule has 112 valence electrons. The Balaban J connectivity index is 2.45. The lowest BCUT2D eigenvalue weighted by molar-refractivity contribution is 0.0696. The number of carboxylic acid groups (broad SMARTS) is 1. The summed E-state index contributed by atoms with van der Waals surface area (Å²) in [5.41, 5.74) is 1.81. The van der Waals surface area contributed by atoms with E-state index in [9.17, 15) is 4.79 Å². The van der Waals surface area contributed by atoms with Gasteiger partial charge in [0, 0.05) is 23.6 Å². The second-order valence-electron chi connectivity index (χ2n) is 4.49. The molecule has 2 aromatic rings. The first-order chi connectivity index (χ1) is 10.1. The van der Waals surface area contributed by atoms with Crippen LogP contribution in [0, 0.1) is 6.92 Å². The molecule has 2 rings (SSSR count). The van der Waals surface area contributed by atoms with Gasteiger partial charge in [-0.2, -0.15) is 0 Å². The number of benzene rings is 1. The van der Waals surface area contributed by atoms with Crippen molar-refractivity contribution in [2.75, 3.05) is 13.2 Å². The van der Waals surface area contributed by atoms with Gasteiger partial charge in [-0.15, -0.1) is 0 Å². The summed E-state index contributed by atoms with van der Waals surface area (Å²) in [7, 11) is 0. The lowest BCUT2D eigenvalue weighted by atomic mass is 10.2. The number of carboxylic acids is 1. The van der Waals surface area contributed by atoms with E-state index in [0.717, 1.165) is 5.69 Å². The second kappa shape index (κ2) is 6.35. The highest BCUT2D eigenvalue weighted by Gasteiger charge is 2.14. The molecule has 5 nitrogen and oxygen atoms in total. The maximum absolute atomic E-state index is 11.1. The predicted molar refractivity (Wildman–Crippen MR) is 79.8 cm³/mol. The Morgan fingerprint density at radius 3 is 2.38 bits per heavy atom. The Hall–Kier alpha value is -2.43. The number of carbonyl (C=O) groups is 1. The van der Waals surface area contributed by atoms with Crippen LogP contribution in [0.2, 0.25) is 0 Å². The van der Waals surface area contributed by atoms with Crippen molar-refractivity contribution in [3.05, 3.63) is 41.7 Å². The normalized spacial score (nSPS) is 10.4. The third-order valence-electron chi connectivity index (χ3n) is 3.18. The van der Waals surface area contributed by atoms with Crippen molar-refractivity contribution in [1.82, 2.24) is 4.57 Å². The first-order valence-electron chi connectivity index (χ1n) is 6.89. The monoisotopic (exact) mass is 289 g/mol. The average Bonchev–Trinajstić information content (AvgIpc) is 2.83. The van der Waals surface area contributed by atoms with Crippen LogP contribution in [0.15, 0.2) is 30.5 Å². The maximum atomic E-state index is 11.1. The van der Waals surface area contributed by atoms with E-state index in [0.29, 0.717) is 36.0 Å². The summed E-state index contributed by atoms with van der Waals surface area (Å²) >= 11 is 0. The number of rotatable bonds is 6. The summed E-state index contributed by atoms with van der Waals surface area (Å²) in [6.07, 6.45) is 1.74. The SMILES string of the molecule is CCOc1ccc(-n2ccc(C(=O)O)c2C)cc1OCC. The van der Waals surface area contributed by atoms with Crippen LogP contribution in [0.3, 0.4) is 0 Å². The smallest absolute Gasteiger partial charge is 0.337 e. The zero-order valence-corrected chi connectivity index (χ0v) is 12.4. The predicted octanol–water partition coefficient (Wildman–Crippen LogP) is 3.28. The highest BCUT2D eigenvalue weighted by Crippen LogP contribution is 2.31. The summed E-state index contributed by atoms with van der Waals surface area (Å²) < 4.78 is 12.9. The largest absolute Gasteiger partial charge is 0.490 e. The summed E-state index contributed by atoms with van der Waals surface area (Å²) in [6.45, 7) is 6.70. The van der Waals surface area contributed by atoms with Crippen LogP contribution in [0.4, 0.5) is 0 Å². The van der Waals surface area contributed by atoms with E-state index in [1.165, 1.54) is 0 Å². The Morgan fingerprint density at radius 1 is 1.14 bits per heavy atom. The van der Waals surface area contributed by atoms with Crippen molar-refractivity contribution in [3.8, 4) is 17.2 Å². The van der Waals surface area contributed by atoms with E-state index in [2.05, 4.69) is 0 Å². The molecule has 0 fully saturated rings. The fourth-order valence-electron chi connectivity index (χ4n) is 2.21. The molecule has 5 heteroatoms. The molecule has 0 amide bonds. The standard InChI is InChI=1S/C16H19NO4/c1-4-20-14-7-6-12(10-15(14)21-5-2)17-9-8-13(11(17)3)16(18)19/h6-10H,4-5H2,1-3H3,(H,18,19). The van der Waals surface area contributed by atoms with Gasteiger partial charge in [0.25, 0.3) is 0 Å². The van der Waals surface area contributed by atoms with Crippen molar-refractivity contribution in [2.45, 2.75) is 20.8 Å². The van der Waals surface area contributed by atoms with E-state index in [-0.39, 0.29) is 0 Å². The molecule has 0 radical (unpaired) electrons. The third kappa shape index (κ3) is 3.02. The highest BCUT2D eigenvalue weighted by atomic mass is 16.5. The van der Waals surface area contributed by atoms with Crippen molar-refractivity contribution in [3.63, 3.8) is 0 Å². The van der Waals surface area contributed by atoms with Crippen LogP contribution in [0.1, 0.15) is 29.9 Å². The van der Waals surface area contributed by atoms with Gasteiger partial charge in [-0.1, -0.05) is 0 Å². The van der Waals surface area contributed by atoms with Gasteiger partial charge in [0.05, 0.1) is 18.8 Å². The summed E-state index contributed by atoms with van der Waals surface area (Å²) in [4.78, 5) is 11.1. The van der Waals surface area contributed by atoms with Gasteiger partial charge in [0.1, 0.15) is 0 Å². The first kappa shape index (κ1) is 15.0. The quantitative estimate of drug-likeness (QED) is 0.886. The van der Waals surface area contributed by atoms with E-state index in [1.54, 1.807) is 19.2 Å². The van der Waals surface area contributed by atoms with Gasteiger partial charge < -0.3 is 19.1 Å². The molecule has 1 aromatic carbocycles. The molecule has 1 aromatic heterocycles. The van der Waals surface area contributed by atoms with Crippen LogP contribution in [0.25, 0.3) is 5.69 Å². The molecule has 0 bridgehead atoms. The number of aromatic nitrogens is 1. The number of hydrogen-bond acceptors (Lipinski definition) is 3. The van der Waals surface area contributed by atoms with E-state index < -0.39 is 5.97 Å². The molecule has 0 aliphatic carbocycles. The molecule has 0 spiro atoms. The highest BCUT2D eigenvalue weighted by molar-refractivity contribution is 5.89. The Kier molecular flexibility index (Phi) is 4.52. The molecule has 0 atom stereocenters. The van der Waals surface area contributed by atoms with Gasteiger partial charge in [0.15, 0.2) is 11.5 Å². The number of aromatic carboxylic acids is 1. The second-order valence-corrected chi connectivity index (χ2v) is 4.49. The van der Waals surface area contributed by atoms with E-state index >= 15 is 0 Å². The zero-order chi connectivity index (χ0) is 15.4. The van der Waals surface area contributed by atoms with Crippen LogP contribution in [-0.2, 0) is 0 Å². The minimum Gasteiger partial charge on any atom is -0.490 e. The Morgan fingerprint density at radius 2 is 1.81 bits per heavy atom. The number of nitrogens with zero attached hydrogens (tertiary/aromatic N) is 1. The minimum absolute atomic E-state index is 0.293. The topological polar surface area (TPSA) is 60.7 Å². The Bertz CT molecular complexity index is 646. The molecule has 1 heterocycles. The summed E-state index contributed by atoms with van der Waals surface area (Å²) in [6, 6.07) is 7.16. The Labute approximate surface area is 123 Å². The number of ether oxygens (including phenoxy) is 2. The van der Waals surface area contributed by atoms with Gasteiger partial charge >= 0.3 is 5.97 Å². The molecular weight excluding hydrogens is 270 g/mol. The molecule has 0 aliphatic heterocycles. The third-order valence-corrected chi connectivity index (χ3v) is 3.18. The minimum atomic E-state index is -0.929. The maximum Gasteiger partial charge on any atom is 0.337 e. The molecule has 21 heavy (non-hydrogen) atoms. The average molecular weight is 289 g/mol. The van der Waals surface area contributed by atoms with Crippen LogP contribution >= 0.6 is 0 Å². The van der Waals surface area contributed by atoms with Crippen LogP contribution in [0.5, 0.6) is 11.5 Å².